The first kappa shape index (κ1) is 13.8. The number of ether oxygens (including phenoxy) is 1. The average Bonchev–Trinajstić information content (AvgIpc) is 3.05. The maximum absolute atomic E-state index is 11.4. The molecule has 1 saturated carbocycles. The molecular formula is C12H17ClN2O2. The predicted octanol–water partition coefficient (Wildman–Crippen LogP) is 1.09. The number of para-hydroxylation sites is 1. The molecule has 1 aromatic rings. The third-order valence-electron chi connectivity index (χ3n) is 2.64. The second-order valence-corrected chi connectivity index (χ2v) is 4.07. The van der Waals surface area contributed by atoms with Gasteiger partial charge in [0, 0.05) is 0 Å². The molecule has 0 unspecified atom stereocenters. The molecule has 0 atom stereocenters. The Morgan fingerprint density at radius 2 is 2.00 bits per heavy atom. The Hall–Kier alpha value is -1.26. The molecule has 0 spiro atoms. The topological polar surface area (TPSA) is 64.4 Å². The highest BCUT2D eigenvalue weighted by Crippen LogP contribution is 2.31. The fourth-order valence-corrected chi connectivity index (χ4v) is 1.39. The van der Waals surface area contributed by atoms with Crippen molar-refractivity contribution in [1.82, 2.24) is 5.32 Å². The van der Waals surface area contributed by atoms with Crippen molar-refractivity contribution >= 4 is 18.3 Å². The van der Waals surface area contributed by atoms with E-state index in [1.165, 1.54) is 0 Å². The van der Waals surface area contributed by atoms with E-state index in [9.17, 15) is 4.79 Å². The summed E-state index contributed by atoms with van der Waals surface area (Å²) in [5.74, 6) is 0.745. The third-order valence-corrected chi connectivity index (χ3v) is 2.64. The second kappa shape index (κ2) is 5.89. The van der Waals surface area contributed by atoms with E-state index in [4.69, 9.17) is 10.5 Å². The number of nitrogens with two attached hydrogens (primary N) is 1. The maximum atomic E-state index is 11.4. The number of hydrogen-bond acceptors (Lipinski definition) is 3. The van der Waals surface area contributed by atoms with Crippen LogP contribution in [0.1, 0.15) is 12.8 Å². The molecule has 0 radical (unpaired) electrons. The van der Waals surface area contributed by atoms with E-state index in [0.717, 1.165) is 18.6 Å². The van der Waals surface area contributed by atoms with Gasteiger partial charge in [-0.3, -0.25) is 4.79 Å². The molecular weight excluding hydrogens is 240 g/mol. The molecule has 17 heavy (non-hydrogen) atoms. The minimum Gasteiger partial charge on any atom is -0.492 e. The van der Waals surface area contributed by atoms with Crippen LogP contribution in [0.5, 0.6) is 5.75 Å². The average molecular weight is 257 g/mol. The summed E-state index contributed by atoms with van der Waals surface area (Å²) < 4.78 is 5.43. The number of benzene rings is 1. The van der Waals surface area contributed by atoms with Crippen molar-refractivity contribution in [3.05, 3.63) is 30.3 Å². The van der Waals surface area contributed by atoms with E-state index < -0.39 is 5.54 Å². The van der Waals surface area contributed by atoms with Crippen LogP contribution < -0.4 is 15.8 Å². The first-order valence-corrected chi connectivity index (χ1v) is 5.46. The second-order valence-electron chi connectivity index (χ2n) is 4.07. The summed E-state index contributed by atoms with van der Waals surface area (Å²) >= 11 is 0. The normalized spacial score (nSPS) is 15.6. The van der Waals surface area contributed by atoms with E-state index in [-0.39, 0.29) is 18.3 Å². The first-order chi connectivity index (χ1) is 7.71. The molecule has 94 valence electrons. The van der Waals surface area contributed by atoms with Crippen LogP contribution in [-0.2, 0) is 4.79 Å². The van der Waals surface area contributed by atoms with Gasteiger partial charge in [-0.1, -0.05) is 18.2 Å². The molecule has 0 aromatic heterocycles. The van der Waals surface area contributed by atoms with Crippen molar-refractivity contribution in [2.45, 2.75) is 18.4 Å². The van der Waals surface area contributed by atoms with E-state index in [2.05, 4.69) is 5.32 Å². The zero-order valence-electron chi connectivity index (χ0n) is 9.52. The minimum absolute atomic E-state index is 0. The standard InChI is InChI=1S/C12H16N2O2.ClH/c13-12(6-7-12)11(15)14-8-9-16-10-4-2-1-3-5-10;/h1-5H,6-9,13H2,(H,14,15);1H. The van der Waals surface area contributed by atoms with Crippen LogP contribution in [0.3, 0.4) is 0 Å². The quantitative estimate of drug-likeness (QED) is 0.776. The first-order valence-electron chi connectivity index (χ1n) is 5.46. The number of carbonyl (C=O) groups excluding carboxylic acids is 1. The van der Waals surface area contributed by atoms with Crippen LogP contribution in [0.15, 0.2) is 30.3 Å². The number of halogens is 1. The highest BCUT2D eigenvalue weighted by molar-refractivity contribution is 5.88. The lowest BCUT2D eigenvalue weighted by Crippen LogP contribution is -2.44. The zero-order chi connectivity index (χ0) is 11.4. The van der Waals surface area contributed by atoms with Crippen molar-refractivity contribution in [1.29, 1.82) is 0 Å². The Balaban J connectivity index is 0.00000144. The number of carbonyl (C=O) groups is 1. The third kappa shape index (κ3) is 3.91. The van der Waals surface area contributed by atoms with Gasteiger partial charge in [0.1, 0.15) is 12.4 Å². The van der Waals surface area contributed by atoms with Crippen LogP contribution in [0, 0.1) is 0 Å². The molecule has 0 bridgehead atoms. The zero-order valence-corrected chi connectivity index (χ0v) is 10.3. The van der Waals surface area contributed by atoms with Gasteiger partial charge in [-0.2, -0.15) is 0 Å². The Kier molecular flexibility index (Phi) is 4.78. The van der Waals surface area contributed by atoms with Gasteiger partial charge < -0.3 is 15.8 Å². The van der Waals surface area contributed by atoms with Gasteiger partial charge in [-0.25, -0.2) is 0 Å². The van der Waals surface area contributed by atoms with Gasteiger partial charge in [0.05, 0.1) is 12.1 Å². The van der Waals surface area contributed by atoms with Crippen molar-refractivity contribution in [3.8, 4) is 5.75 Å². The van der Waals surface area contributed by atoms with E-state index >= 15 is 0 Å². The molecule has 3 N–H and O–H groups in total. The van der Waals surface area contributed by atoms with E-state index in [1.54, 1.807) is 0 Å². The summed E-state index contributed by atoms with van der Waals surface area (Å²) in [5.41, 5.74) is 5.14. The van der Waals surface area contributed by atoms with Gasteiger partial charge in [-0.05, 0) is 25.0 Å². The van der Waals surface area contributed by atoms with Crippen molar-refractivity contribution in [2.24, 2.45) is 5.73 Å². The van der Waals surface area contributed by atoms with E-state index in [0.29, 0.717) is 13.2 Å². The van der Waals surface area contributed by atoms with Crippen molar-refractivity contribution in [2.75, 3.05) is 13.2 Å². The number of rotatable bonds is 5. The Labute approximate surface area is 107 Å². The molecule has 1 aromatic carbocycles. The monoisotopic (exact) mass is 256 g/mol. The van der Waals surface area contributed by atoms with Crippen molar-refractivity contribution in [3.63, 3.8) is 0 Å². The molecule has 2 rings (SSSR count). The lowest BCUT2D eigenvalue weighted by Gasteiger charge is -2.10. The summed E-state index contributed by atoms with van der Waals surface area (Å²) in [5, 5.41) is 2.77. The van der Waals surface area contributed by atoms with E-state index in [1.807, 2.05) is 30.3 Å². The number of nitrogens with one attached hydrogen (secondary N) is 1. The van der Waals surface area contributed by atoms with Crippen LogP contribution >= 0.6 is 12.4 Å². The highest BCUT2D eigenvalue weighted by atomic mass is 35.5. The summed E-state index contributed by atoms with van der Waals surface area (Å²) in [7, 11) is 0. The molecule has 1 fully saturated rings. The Bertz CT molecular complexity index is 366. The summed E-state index contributed by atoms with van der Waals surface area (Å²) in [6.45, 7) is 0.957. The summed E-state index contributed by atoms with van der Waals surface area (Å²) in [6, 6.07) is 9.51. The number of hydrogen-bond donors (Lipinski definition) is 2. The molecule has 0 saturated heterocycles. The smallest absolute Gasteiger partial charge is 0.240 e. The molecule has 0 aliphatic heterocycles. The van der Waals surface area contributed by atoms with Crippen LogP contribution in [0.2, 0.25) is 0 Å². The SMILES string of the molecule is Cl.NC1(C(=O)NCCOc2ccccc2)CC1. The highest BCUT2D eigenvalue weighted by Gasteiger charge is 2.45. The summed E-state index contributed by atoms with van der Waals surface area (Å²) in [6.07, 6.45) is 1.58. The molecule has 1 amide bonds. The lowest BCUT2D eigenvalue weighted by atomic mass is 10.3. The molecule has 1 aliphatic carbocycles. The fraction of sp³-hybridized carbons (Fsp3) is 0.417. The van der Waals surface area contributed by atoms with Crippen LogP contribution in [0.4, 0.5) is 0 Å². The minimum atomic E-state index is -0.591. The molecule has 0 heterocycles. The Morgan fingerprint density at radius 3 is 2.59 bits per heavy atom. The molecule has 1 aliphatic rings. The summed E-state index contributed by atoms with van der Waals surface area (Å²) in [4.78, 5) is 11.4. The van der Waals surface area contributed by atoms with Crippen molar-refractivity contribution < 1.29 is 9.53 Å². The Morgan fingerprint density at radius 1 is 1.35 bits per heavy atom. The largest absolute Gasteiger partial charge is 0.492 e. The number of amides is 1. The maximum Gasteiger partial charge on any atom is 0.240 e. The lowest BCUT2D eigenvalue weighted by molar-refractivity contribution is -0.123. The van der Waals surface area contributed by atoms with Gasteiger partial charge in [0.2, 0.25) is 5.91 Å². The fourth-order valence-electron chi connectivity index (χ4n) is 1.39. The van der Waals surface area contributed by atoms with Gasteiger partial charge in [0.25, 0.3) is 0 Å². The predicted molar refractivity (Wildman–Crippen MR) is 68.3 cm³/mol. The van der Waals surface area contributed by atoms with Crippen LogP contribution in [-0.4, -0.2) is 24.6 Å². The molecule has 5 heteroatoms. The van der Waals surface area contributed by atoms with Gasteiger partial charge in [0.15, 0.2) is 0 Å². The molecule has 4 nitrogen and oxygen atoms in total. The van der Waals surface area contributed by atoms with Gasteiger partial charge in [-0.15, -0.1) is 12.4 Å². The van der Waals surface area contributed by atoms with Crippen LogP contribution in [0.25, 0.3) is 0 Å². The van der Waals surface area contributed by atoms with Gasteiger partial charge >= 0.3 is 0 Å².